The Labute approximate surface area is 70.8 Å². The van der Waals surface area contributed by atoms with Crippen molar-refractivity contribution >= 4 is 0 Å². The van der Waals surface area contributed by atoms with Crippen LogP contribution in [-0.4, -0.2) is 12.0 Å². The van der Waals surface area contributed by atoms with E-state index in [1.54, 1.807) is 12.3 Å². The Kier molecular flexibility index (Phi) is 1.61. The first kappa shape index (κ1) is 7.68. The van der Waals surface area contributed by atoms with Crippen molar-refractivity contribution in [2.24, 2.45) is 0 Å². The van der Waals surface area contributed by atoms with Crippen LogP contribution in [0.15, 0.2) is 18.3 Å². The fraction of sp³-hybridized carbons (Fsp3) is 0.444. The fourth-order valence-electron chi connectivity index (χ4n) is 1.47. The monoisotopic (exact) mass is 166 g/mol. The van der Waals surface area contributed by atoms with Gasteiger partial charge in [0, 0.05) is 6.20 Å². The van der Waals surface area contributed by atoms with Crippen LogP contribution in [0.3, 0.4) is 0 Å². The van der Waals surface area contributed by atoms with E-state index in [4.69, 9.17) is 0 Å². The quantitative estimate of drug-likeness (QED) is 0.718. The highest BCUT2D eigenvalue weighted by atomic mass is 19.1. The van der Waals surface area contributed by atoms with Gasteiger partial charge in [0.1, 0.15) is 5.82 Å². The molecule has 2 rings (SSSR count). The molecule has 1 aliphatic carbocycles. The van der Waals surface area contributed by atoms with Crippen LogP contribution in [0.4, 0.5) is 4.39 Å². The molecule has 1 aromatic heterocycles. The van der Waals surface area contributed by atoms with Gasteiger partial charge in [0.25, 0.3) is 0 Å². The first-order valence-corrected chi connectivity index (χ1v) is 4.08. The van der Waals surface area contributed by atoms with Gasteiger partial charge in [-0.15, -0.1) is 0 Å². The average Bonchev–Trinajstić information content (AvgIpc) is 2.86. The molecule has 0 amide bonds. The number of nitrogens with zero attached hydrogens (tertiary/aromatic N) is 1. The van der Waals surface area contributed by atoms with Crippen LogP contribution in [0.5, 0.6) is 0 Å². The van der Waals surface area contributed by atoms with E-state index in [1.165, 1.54) is 6.07 Å². The van der Waals surface area contributed by atoms with E-state index in [-0.39, 0.29) is 11.4 Å². The summed E-state index contributed by atoms with van der Waals surface area (Å²) in [6.45, 7) is 0. The lowest BCUT2D eigenvalue weighted by Gasteiger charge is -2.13. The Morgan fingerprint density at radius 3 is 2.83 bits per heavy atom. The Bertz CT molecular complexity index is 294. The molecule has 64 valence electrons. The number of halogens is 1. The lowest BCUT2D eigenvalue weighted by molar-refractivity contribution is 0.507. The minimum atomic E-state index is -0.204. The van der Waals surface area contributed by atoms with Crippen molar-refractivity contribution in [3.63, 3.8) is 0 Å². The van der Waals surface area contributed by atoms with E-state index < -0.39 is 0 Å². The summed E-state index contributed by atoms with van der Waals surface area (Å²) in [6.07, 6.45) is 3.60. The van der Waals surface area contributed by atoms with Crippen LogP contribution in [0, 0.1) is 5.82 Å². The minimum Gasteiger partial charge on any atom is -0.309 e. The highest BCUT2D eigenvalue weighted by Crippen LogP contribution is 2.44. The third-order valence-corrected chi connectivity index (χ3v) is 2.44. The second kappa shape index (κ2) is 2.52. The first-order chi connectivity index (χ1) is 5.78. The summed E-state index contributed by atoms with van der Waals surface area (Å²) in [7, 11) is 1.85. The molecule has 0 aliphatic heterocycles. The molecule has 2 nitrogen and oxygen atoms in total. The molecule has 1 fully saturated rings. The summed E-state index contributed by atoms with van der Waals surface area (Å²) in [5, 5.41) is 3.11. The predicted molar refractivity (Wildman–Crippen MR) is 44.2 cm³/mol. The summed E-state index contributed by atoms with van der Waals surface area (Å²) in [5.41, 5.74) is 0.401. The zero-order valence-electron chi connectivity index (χ0n) is 6.97. The second-order valence-corrected chi connectivity index (χ2v) is 3.17. The molecule has 0 atom stereocenters. The molecule has 1 saturated carbocycles. The Morgan fingerprint density at radius 2 is 2.33 bits per heavy atom. The van der Waals surface area contributed by atoms with Gasteiger partial charge in [-0.25, -0.2) is 4.39 Å². The molecular formula is C9H11FN2. The average molecular weight is 166 g/mol. The smallest absolute Gasteiger partial charge is 0.146 e. The van der Waals surface area contributed by atoms with Gasteiger partial charge in [0.15, 0.2) is 0 Å². The van der Waals surface area contributed by atoms with Crippen LogP contribution >= 0.6 is 0 Å². The van der Waals surface area contributed by atoms with Crippen LogP contribution < -0.4 is 5.32 Å². The van der Waals surface area contributed by atoms with Gasteiger partial charge < -0.3 is 5.32 Å². The molecule has 1 aliphatic rings. The van der Waals surface area contributed by atoms with E-state index in [0.717, 1.165) is 12.8 Å². The van der Waals surface area contributed by atoms with E-state index in [0.29, 0.717) is 5.69 Å². The van der Waals surface area contributed by atoms with Crippen molar-refractivity contribution in [1.29, 1.82) is 0 Å². The molecule has 12 heavy (non-hydrogen) atoms. The van der Waals surface area contributed by atoms with Crippen molar-refractivity contribution in [2.75, 3.05) is 7.05 Å². The molecule has 1 heterocycles. The largest absolute Gasteiger partial charge is 0.309 e. The number of pyridine rings is 1. The van der Waals surface area contributed by atoms with E-state index in [9.17, 15) is 4.39 Å². The third kappa shape index (κ3) is 1.01. The normalized spacial score (nSPS) is 19.2. The van der Waals surface area contributed by atoms with Crippen LogP contribution in [-0.2, 0) is 5.54 Å². The van der Waals surface area contributed by atoms with Crippen LogP contribution in [0.25, 0.3) is 0 Å². The molecule has 0 spiro atoms. The number of nitrogens with one attached hydrogen (secondary N) is 1. The lowest BCUT2D eigenvalue weighted by atomic mass is 10.1. The van der Waals surface area contributed by atoms with Crippen molar-refractivity contribution in [1.82, 2.24) is 10.3 Å². The van der Waals surface area contributed by atoms with Gasteiger partial charge in [0.2, 0.25) is 0 Å². The van der Waals surface area contributed by atoms with Gasteiger partial charge in [0.05, 0.1) is 11.2 Å². The molecule has 0 saturated heterocycles. The van der Waals surface area contributed by atoms with Crippen LogP contribution in [0.1, 0.15) is 18.5 Å². The van der Waals surface area contributed by atoms with Gasteiger partial charge in [-0.3, -0.25) is 4.98 Å². The van der Waals surface area contributed by atoms with Gasteiger partial charge >= 0.3 is 0 Å². The number of hydrogen-bond donors (Lipinski definition) is 1. The maximum Gasteiger partial charge on any atom is 0.146 e. The molecule has 1 aromatic rings. The van der Waals surface area contributed by atoms with Crippen LogP contribution in [0.2, 0.25) is 0 Å². The van der Waals surface area contributed by atoms with Crippen molar-refractivity contribution in [3.8, 4) is 0 Å². The molecule has 0 radical (unpaired) electrons. The lowest BCUT2D eigenvalue weighted by Crippen LogP contribution is -2.26. The predicted octanol–water partition coefficient (Wildman–Crippen LogP) is 1.43. The van der Waals surface area contributed by atoms with Gasteiger partial charge in [-0.1, -0.05) is 0 Å². The number of aromatic nitrogens is 1. The molecule has 0 unspecified atom stereocenters. The topological polar surface area (TPSA) is 24.9 Å². The van der Waals surface area contributed by atoms with Crippen molar-refractivity contribution in [3.05, 3.63) is 29.8 Å². The molecule has 0 aromatic carbocycles. The van der Waals surface area contributed by atoms with E-state index >= 15 is 0 Å². The minimum absolute atomic E-state index is 0.161. The third-order valence-electron chi connectivity index (χ3n) is 2.44. The Hall–Kier alpha value is -0.960. The zero-order chi connectivity index (χ0) is 8.60. The van der Waals surface area contributed by atoms with Crippen molar-refractivity contribution < 1.29 is 4.39 Å². The fourth-order valence-corrected chi connectivity index (χ4v) is 1.47. The van der Waals surface area contributed by atoms with Gasteiger partial charge in [-0.05, 0) is 32.0 Å². The summed E-state index contributed by atoms with van der Waals surface area (Å²) >= 11 is 0. The summed E-state index contributed by atoms with van der Waals surface area (Å²) in [5.74, 6) is -0.204. The second-order valence-electron chi connectivity index (χ2n) is 3.17. The maximum absolute atomic E-state index is 13.2. The molecule has 1 N–H and O–H groups in total. The Balaban J connectivity index is 2.40. The molecule has 3 heteroatoms. The number of rotatable bonds is 2. The SMILES string of the molecule is CNC1(c2ncccc2F)CC1. The highest BCUT2D eigenvalue weighted by Gasteiger charge is 2.45. The number of hydrogen-bond acceptors (Lipinski definition) is 2. The van der Waals surface area contributed by atoms with E-state index in [1.807, 2.05) is 7.05 Å². The highest BCUT2D eigenvalue weighted by molar-refractivity contribution is 5.24. The standard InChI is InChI=1S/C9H11FN2/c1-11-9(4-5-9)8-7(10)3-2-6-12-8/h2-3,6,11H,4-5H2,1H3. The van der Waals surface area contributed by atoms with Crippen molar-refractivity contribution in [2.45, 2.75) is 18.4 Å². The summed E-state index contributed by atoms with van der Waals surface area (Å²) < 4.78 is 13.2. The Morgan fingerprint density at radius 1 is 1.58 bits per heavy atom. The van der Waals surface area contributed by atoms with Gasteiger partial charge in [-0.2, -0.15) is 0 Å². The molecular weight excluding hydrogens is 155 g/mol. The zero-order valence-corrected chi connectivity index (χ0v) is 6.97. The first-order valence-electron chi connectivity index (χ1n) is 4.08. The summed E-state index contributed by atoms with van der Waals surface area (Å²) in [4.78, 5) is 4.05. The molecule has 0 bridgehead atoms. The summed E-state index contributed by atoms with van der Waals surface area (Å²) in [6, 6.07) is 3.07. The maximum atomic E-state index is 13.2. The van der Waals surface area contributed by atoms with E-state index in [2.05, 4.69) is 10.3 Å².